The van der Waals surface area contributed by atoms with E-state index in [0.29, 0.717) is 16.9 Å². The SMILES string of the molecule is CCC1CCCN1c1ncc(C(=O)O)cc1Cl. The monoisotopic (exact) mass is 254 g/mol. The van der Waals surface area contributed by atoms with Crippen molar-refractivity contribution in [3.05, 3.63) is 22.8 Å². The average molecular weight is 255 g/mol. The number of pyridine rings is 1. The van der Waals surface area contributed by atoms with Crippen molar-refractivity contribution in [2.45, 2.75) is 32.2 Å². The van der Waals surface area contributed by atoms with Gasteiger partial charge in [-0.25, -0.2) is 9.78 Å². The van der Waals surface area contributed by atoms with Crippen LogP contribution in [-0.2, 0) is 0 Å². The molecule has 0 amide bonds. The van der Waals surface area contributed by atoms with E-state index in [-0.39, 0.29) is 5.56 Å². The third kappa shape index (κ3) is 2.36. The average Bonchev–Trinajstić information content (AvgIpc) is 2.76. The molecule has 2 heterocycles. The summed E-state index contributed by atoms with van der Waals surface area (Å²) in [6.07, 6.45) is 4.71. The molecule has 1 aliphatic rings. The molecule has 1 saturated heterocycles. The van der Waals surface area contributed by atoms with Gasteiger partial charge in [-0.2, -0.15) is 0 Å². The highest BCUT2D eigenvalue weighted by Crippen LogP contribution is 2.31. The van der Waals surface area contributed by atoms with E-state index in [1.54, 1.807) is 0 Å². The Labute approximate surface area is 105 Å². The van der Waals surface area contributed by atoms with Crippen molar-refractivity contribution in [2.75, 3.05) is 11.4 Å². The number of hydrogen-bond acceptors (Lipinski definition) is 3. The molecular formula is C12H15ClN2O2. The molecule has 1 fully saturated rings. The lowest BCUT2D eigenvalue weighted by atomic mass is 10.2. The Balaban J connectivity index is 2.30. The van der Waals surface area contributed by atoms with Gasteiger partial charge in [-0.15, -0.1) is 0 Å². The van der Waals surface area contributed by atoms with Gasteiger partial charge in [0, 0.05) is 18.8 Å². The van der Waals surface area contributed by atoms with E-state index in [2.05, 4.69) is 16.8 Å². The van der Waals surface area contributed by atoms with Gasteiger partial charge in [0.1, 0.15) is 5.82 Å². The molecule has 5 heteroatoms. The third-order valence-electron chi connectivity index (χ3n) is 3.19. The smallest absolute Gasteiger partial charge is 0.337 e. The highest BCUT2D eigenvalue weighted by Gasteiger charge is 2.26. The maximum absolute atomic E-state index is 10.8. The van der Waals surface area contributed by atoms with Crippen LogP contribution in [-0.4, -0.2) is 28.6 Å². The first kappa shape index (κ1) is 12.2. The quantitative estimate of drug-likeness (QED) is 0.901. The molecule has 0 radical (unpaired) electrons. The third-order valence-corrected chi connectivity index (χ3v) is 3.47. The molecule has 0 bridgehead atoms. The van der Waals surface area contributed by atoms with Gasteiger partial charge in [0.25, 0.3) is 0 Å². The summed E-state index contributed by atoms with van der Waals surface area (Å²) < 4.78 is 0. The van der Waals surface area contributed by atoms with Crippen LogP contribution >= 0.6 is 11.6 Å². The maximum Gasteiger partial charge on any atom is 0.337 e. The minimum absolute atomic E-state index is 0.131. The molecule has 0 aromatic carbocycles. The van der Waals surface area contributed by atoms with E-state index >= 15 is 0 Å². The molecule has 17 heavy (non-hydrogen) atoms. The van der Waals surface area contributed by atoms with Crippen molar-refractivity contribution in [1.29, 1.82) is 0 Å². The molecule has 1 unspecified atom stereocenters. The van der Waals surface area contributed by atoms with E-state index in [1.807, 2.05) is 0 Å². The highest BCUT2D eigenvalue weighted by atomic mass is 35.5. The second-order valence-corrected chi connectivity index (χ2v) is 4.64. The molecule has 92 valence electrons. The number of nitrogens with zero attached hydrogens (tertiary/aromatic N) is 2. The Bertz CT molecular complexity index is 437. The molecule has 1 atom stereocenters. The van der Waals surface area contributed by atoms with Crippen LogP contribution in [0, 0.1) is 0 Å². The Morgan fingerprint density at radius 2 is 2.47 bits per heavy atom. The lowest BCUT2D eigenvalue weighted by Gasteiger charge is -2.25. The number of aromatic nitrogens is 1. The van der Waals surface area contributed by atoms with Crippen molar-refractivity contribution in [3.8, 4) is 0 Å². The molecule has 0 spiro atoms. The van der Waals surface area contributed by atoms with E-state index in [0.717, 1.165) is 25.8 Å². The van der Waals surface area contributed by atoms with Gasteiger partial charge in [-0.1, -0.05) is 18.5 Å². The van der Waals surface area contributed by atoms with Crippen LogP contribution in [0.4, 0.5) is 5.82 Å². The second-order valence-electron chi connectivity index (χ2n) is 4.23. The number of carboxylic acid groups (broad SMARTS) is 1. The van der Waals surface area contributed by atoms with Crippen LogP contribution in [0.1, 0.15) is 36.5 Å². The fourth-order valence-corrected chi connectivity index (χ4v) is 2.57. The molecule has 1 aromatic rings. The fraction of sp³-hybridized carbons (Fsp3) is 0.500. The number of carboxylic acids is 1. The zero-order valence-corrected chi connectivity index (χ0v) is 10.4. The first-order valence-electron chi connectivity index (χ1n) is 5.79. The van der Waals surface area contributed by atoms with Crippen LogP contribution in [0.5, 0.6) is 0 Å². The summed E-state index contributed by atoms with van der Waals surface area (Å²) in [5.41, 5.74) is 0.131. The highest BCUT2D eigenvalue weighted by molar-refractivity contribution is 6.33. The number of anilines is 1. The molecule has 1 aromatic heterocycles. The molecular weight excluding hydrogens is 240 g/mol. The van der Waals surface area contributed by atoms with Gasteiger partial charge >= 0.3 is 5.97 Å². The van der Waals surface area contributed by atoms with E-state index in [1.165, 1.54) is 12.3 Å². The number of aromatic carboxylic acids is 1. The van der Waals surface area contributed by atoms with Crippen molar-refractivity contribution in [1.82, 2.24) is 4.98 Å². The predicted octanol–water partition coefficient (Wildman–Crippen LogP) is 2.81. The summed E-state index contributed by atoms with van der Waals surface area (Å²) in [6.45, 7) is 3.08. The summed E-state index contributed by atoms with van der Waals surface area (Å²) in [4.78, 5) is 17.2. The number of carbonyl (C=O) groups is 1. The lowest BCUT2D eigenvalue weighted by molar-refractivity contribution is 0.0696. The van der Waals surface area contributed by atoms with Gasteiger partial charge in [-0.05, 0) is 25.3 Å². The Kier molecular flexibility index (Phi) is 3.52. The van der Waals surface area contributed by atoms with E-state index < -0.39 is 5.97 Å². The van der Waals surface area contributed by atoms with Crippen LogP contribution in [0.3, 0.4) is 0 Å². The Morgan fingerprint density at radius 3 is 3.06 bits per heavy atom. The first-order chi connectivity index (χ1) is 8.13. The van der Waals surface area contributed by atoms with Crippen molar-refractivity contribution < 1.29 is 9.90 Å². The maximum atomic E-state index is 10.8. The van der Waals surface area contributed by atoms with Crippen LogP contribution in [0.25, 0.3) is 0 Å². The second kappa shape index (κ2) is 4.92. The van der Waals surface area contributed by atoms with E-state index in [4.69, 9.17) is 16.7 Å². The summed E-state index contributed by atoms with van der Waals surface area (Å²) in [5.74, 6) is -0.291. The fourth-order valence-electron chi connectivity index (χ4n) is 2.30. The summed E-state index contributed by atoms with van der Waals surface area (Å²) in [5, 5.41) is 9.27. The molecule has 0 aliphatic carbocycles. The molecule has 4 nitrogen and oxygen atoms in total. The molecule has 0 saturated carbocycles. The number of hydrogen-bond donors (Lipinski definition) is 1. The first-order valence-corrected chi connectivity index (χ1v) is 6.16. The van der Waals surface area contributed by atoms with Crippen molar-refractivity contribution in [3.63, 3.8) is 0 Å². The number of rotatable bonds is 3. The summed E-state index contributed by atoms with van der Waals surface area (Å²) in [7, 11) is 0. The molecule has 1 aliphatic heterocycles. The van der Waals surface area contributed by atoms with Gasteiger partial charge in [0.2, 0.25) is 0 Å². The molecule has 1 N–H and O–H groups in total. The van der Waals surface area contributed by atoms with Crippen LogP contribution in [0.15, 0.2) is 12.3 Å². The van der Waals surface area contributed by atoms with E-state index in [9.17, 15) is 4.79 Å². The van der Waals surface area contributed by atoms with Crippen LogP contribution in [0.2, 0.25) is 5.02 Å². The zero-order valence-electron chi connectivity index (χ0n) is 9.69. The minimum atomic E-state index is -1.00. The van der Waals surface area contributed by atoms with Crippen molar-refractivity contribution >= 4 is 23.4 Å². The standard InChI is InChI=1S/C12H15ClN2O2/c1-2-9-4-3-5-15(9)11-10(13)6-8(7-14-11)12(16)17/h6-7,9H,2-5H2,1H3,(H,16,17). The van der Waals surface area contributed by atoms with Gasteiger partial charge in [0.05, 0.1) is 10.6 Å². The van der Waals surface area contributed by atoms with Gasteiger partial charge in [-0.3, -0.25) is 0 Å². The Morgan fingerprint density at radius 1 is 1.71 bits per heavy atom. The number of halogens is 1. The van der Waals surface area contributed by atoms with Gasteiger partial charge in [0.15, 0.2) is 0 Å². The van der Waals surface area contributed by atoms with Crippen molar-refractivity contribution in [2.24, 2.45) is 0 Å². The topological polar surface area (TPSA) is 53.4 Å². The van der Waals surface area contributed by atoms with Gasteiger partial charge < -0.3 is 10.0 Å². The predicted molar refractivity (Wildman–Crippen MR) is 66.9 cm³/mol. The minimum Gasteiger partial charge on any atom is -0.478 e. The zero-order chi connectivity index (χ0) is 12.4. The lowest BCUT2D eigenvalue weighted by Crippen LogP contribution is -2.29. The summed E-state index contributed by atoms with van der Waals surface area (Å²) in [6, 6.07) is 1.94. The normalized spacial score (nSPS) is 19.6. The Hall–Kier alpha value is -1.29. The summed E-state index contributed by atoms with van der Waals surface area (Å²) >= 11 is 6.11. The largest absolute Gasteiger partial charge is 0.478 e. The molecule has 2 rings (SSSR count). The van der Waals surface area contributed by atoms with Crippen LogP contribution < -0.4 is 4.90 Å².